The molecular weight excluding hydrogens is 330 g/mol. The van der Waals surface area contributed by atoms with Crippen LogP contribution in [0.15, 0.2) is 53.0 Å². The lowest BCUT2D eigenvalue weighted by atomic mass is 10.1. The number of hydrogen-bond acceptors (Lipinski definition) is 2. The average Bonchev–Trinajstić information content (AvgIpc) is 2.39. The van der Waals surface area contributed by atoms with Gasteiger partial charge in [0.2, 0.25) is 0 Å². The van der Waals surface area contributed by atoms with Gasteiger partial charge in [-0.05, 0) is 42.0 Å². The Balaban J connectivity index is 2.23. The van der Waals surface area contributed by atoms with Crippen molar-refractivity contribution < 1.29 is 9.90 Å². The first-order chi connectivity index (χ1) is 9.06. The number of carboxylic acid groups (broad SMARTS) is 1. The minimum Gasteiger partial charge on any atom is -0.479 e. The van der Waals surface area contributed by atoms with Crippen molar-refractivity contribution in [3.8, 4) is 0 Å². The van der Waals surface area contributed by atoms with Gasteiger partial charge in [0.1, 0.15) is 0 Å². The third-order valence-electron chi connectivity index (χ3n) is 2.61. The van der Waals surface area contributed by atoms with E-state index in [1.165, 1.54) is 0 Å². The van der Waals surface area contributed by atoms with Gasteiger partial charge in [-0.2, -0.15) is 0 Å². The maximum absolute atomic E-state index is 11.4. The van der Waals surface area contributed by atoms with E-state index in [0.29, 0.717) is 16.3 Å². The summed E-state index contributed by atoms with van der Waals surface area (Å²) in [5.41, 5.74) is 1.39. The highest BCUT2D eigenvalue weighted by atomic mass is 79.9. The standard InChI is InChI=1S/C14H11BrClNO2/c15-10-3-1-9(2-4-10)13(14(18)19)17-12-7-5-11(16)6-8-12/h1-8,13,17H,(H,18,19). The highest BCUT2D eigenvalue weighted by Crippen LogP contribution is 2.23. The summed E-state index contributed by atoms with van der Waals surface area (Å²) in [6, 6.07) is 13.3. The van der Waals surface area contributed by atoms with E-state index in [1.807, 2.05) is 12.1 Å². The fourth-order valence-corrected chi connectivity index (χ4v) is 2.05. The SMILES string of the molecule is O=C(O)C(Nc1ccc(Cl)cc1)c1ccc(Br)cc1. The number of benzene rings is 2. The molecule has 98 valence electrons. The van der Waals surface area contributed by atoms with E-state index in [9.17, 15) is 9.90 Å². The largest absolute Gasteiger partial charge is 0.479 e. The summed E-state index contributed by atoms with van der Waals surface area (Å²) in [4.78, 5) is 11.4. The van der Waals surface area contributed by atoms with Crippen LogP contribution in [0, 0.1) is 0 Å². The number of anilines is 1. The van der Waals surface area contributed by atoms with E-state index in [0.717, 1.165) is 4.47 Å². The first kappa shape index (κ1) is 13.9. The van der Waals surface area contributed by atoms with E-state index < -0.39 is 12.0 Å². The van der Waals surface area contributed by atoms with Gasteiger partial charge in [0.15, 0.2) is 6.04 Å². The zero-order valence-corrected chi connectivity index (χ0v) is 12.1. The van der Waals surface area contributed by atoms with Crippen LogP contribution in [-0.2, 0) is 4.79 Å². The van der Waals surface area contributed by atoms with Crippen molar-refractivity contribution in [2.45, 2.75) is 6.04 Å². The summed E-state index contributed by atoms with van der Waals surface area (Å²) in [6.45, 7) is 0. The zero-order valence-electron chi connectivity index (χ0n) is 9.81. The molecule has 1 unspecified atom stereocenters. The molecule has 3 nitrogen and oxygen atoms in total. The van der Waals surface area contributed by atoms with Gasteiger partial charge in [-0.25, -0.2) is 4.79 Å². The predicted molar refractivity (Wildman–Crippen MR) is 79.6 cm³/mol. The molecule has 0 heterocycles. The van der Waals surface area contributed by atoms with Gasteiger partial charge in [-0.15, -0.1) is 0 Å². The first-order valence-corrected chi connectivity index (χ1v) is 6.74. The summed E-state index contributed by atoms with van der Waals surface area (Å²) in [5, 5.41) is 12.9. The quantitative estimate of drug-likeness (QED) is 0.870. The second-order valence-corrected chi connectivity index (χ2v) is 5.33. The van der Waals surface area contributed by atoms with Gasteiger partial charge >= 0.3 is 5.97 Å². The molecule has 2 aromatic carbocycles. The molecule has 0 aliphatic carbocycles. The molecule has 0 aliphatic heterocycles. The Hall–Kier alpha value is -1.52. The van der Waals surface area contributed by atoms with Crippen LogP contribution in [0.25, 0.3) is 0 Å². The molecule has 1 atom stereocenters. The highest BCUT2D eigenvalue weighted by Gasteiger charge is 2.19. The smallest absolute Gasteiger partial charge is 0.330 e. The van der Waals surface area contributed by atoms with Crippen molar-refractivity contribution in [2.75, 3.05) is 5.32 Å². The van der Waals surface area contributed by atoms with E-state index in [1.54, 1.807) is 36.4 Å². The Bertz CT molecular complexity index is 569. The molecule has 0 bridgehead atoms. The second-order valence-electron chi connectivity index (χ2n) is 3.97. The number of halogens is 2. The highest BCUT2D eigenvalue weighted by molar-refractivity contribution is 9.10. The third-order valence-corrected chi connectivity index (χ3v) is 3.39. The van der Waals surface area contributed by atoms with Crippen molar-refractivity contribution in [1.29, 1.82) is 0 Å². The molecule has 5 heteroatoms. The lowest BCUT2D eigenvalue weighted by Gasteiger charge is -2.16. The summed E-state index contributed by atoms with van der Waals surface area (Å²) >= 11 is 9.12. The summed E-state index contributed by atoms with van der Waals surface area (Å²) in [7, 11) is 0. The normalized spacial score (nSPS) is 11.9. The molecule has 0 aromatic heterocycles. The Morgan fingerprint density at radius 3 is 2.21 bits per heavy atom. The molecule has 0 radical (unpaired) electrons. The number of aliphatic carboxylic acids is 1. The summed E-state index contributed by atoms with van der Waals surface area (Å²) in [5.74, 6) is -0.933. The summed E-state index contributed by atoms with van der Waals surface area (Å²) in [6.07, 6.45) is 0. The van der Waals surface area contributed by atoms with Crippen LogP contribution < -0.4 is 5.32 Å². The van der Waals surface area contributed by atoms with E-state index in [-0.39, 0.29) is 0 Å². The molecule has 0 fully saturated rings. The molecule has 0 saturated heterocycles. The minimum atomic E-state index is -0.933. The Kier molecular flexibility index (Phi) is 4.45. The van der Waals surface area contributed by atoms with Crippen molar-refractivity contribution in [1.82, 2.24) is 0 Å². The fourth-order valence-electron chi connectivity index (χ4n) is 1.66. The summed E-state index contributed by atoms with van der Waals surface area (Å²) < 4.78 is 0.909. The van der Waals surface area contributed by atoms with Crippen LogP contribution in [0.5, 0.6) is 0 Å². The maximum atomic E-state index is 11.4. The lowest BCUT2D eigenvalue weighted by molar-refractivity contribution is -0.138. The van der Waals surface area contributed by atoms with Gasteiger partial charge in [0.25, 0.3) is 0 Å². The molecule has 0 aliphatic rings. The van der Waals surface area contributed by atoms with Crippen LogP contribution in [0.1, 0.15) is 11.6 Å². The van der Waals surface area contributed by atoms with Crippen molar-refractivity contribution in [3.05, 3.63) is 63.6 Å². The number of carboxylic acids is 1. The van der Waals surface area contributed by atoms with Crippen molar-refractivity contribution in [2.24, 2.45) is 0 Å². The topological polar surface area (TPSA) is 49.3 Å². The molecule has 0 spiro atoms. The molecule has 2 rings (SSSR count). The van der Waals surface area contributed by atoms with Gasteiger partial charge in [-0.3, -0.25) is 0 Å². The Morgan fingerprint density at radius 1 is 1.11 bits per heavy atom. The molecule has 0 amide bonds. The maximum Gasteiger partial charge on any atom is 0.330 e. The van der Waals surface area contributed by atoms with Gasteiger partial charge in [0, 0.05) is 15.2 Å². The molecule has 2 aromatic rings. The van der Waals surface area contributed by atoms with E-state index in [2.05, 4.69) is 21.2 Å². The number of nitrogens with one attached hydrogen (secondary N) is 1. The molecule has 0 saturated carbocycles. The second kappa shape index (κ2) is 6.08. The predicted octanol–water partition coefficient (Wildman–Crippen LogP) is 4.34. The van der Waals surface area contributed by atoms with E-state index >= 15 is 0 Å². The van der Waals surface area contributed by atoms with Crippen LogP contribution in [-0.4, -0.2) is 11.1 Å². The minimum absolute atomic E-state index is 0.612. The number of rotatable bonds is 4. The lowest BCUT2D eigenvalue weighted by Crippen LogP contribution is -2.20. The van der Waals surface area contributed by atoms with Gasteiger partial charge in [0.05, 0.1) is 0 Å². The van der Waals surface area contributed by atoms with Crippen molar-refractivity contribution >= 4 is 39.2 Å². The van der Waals surface area contributed by atoms with Crippen LogP contribution in [0.4, 0.5) is 5.69 Å². The average molecular weight is 341 g/mol. The number of carbonyl (C=O) groups is 1. The third kappa shape index (κ3) is 3.72. The van der Waals surface area contributed by atoms with Crippen LogP contribution >= 0.6 is 27.5 Å². The zero-order chi connectivity index (χ0) is 13.8. The Morgan fingerprint density at radius 2 is 1.68 bits per heavy atom. The fraction of sp³-hybridized carbons (Fsp3) is 0.0714. The molecular formula is C14H11BrClNO2. The molecule has 2 N–H and O–H groups in total. The van der Waals surface area contributed by atoms with Crippen molar-refractivity contribution in [3.63, 3.8) is 0 Å². The van der Waals surface area contributed by atoms with Gasteiger partial charge < -0.3 is 10.4 Å². The monoisotopic (exact) mass is 339 g/mol. The Labute approximate surface area is 124 Å². The first-order valence-electron chi connectivity index (χ1n) is 5.56. The molecule has 19 heavy (non-hydrogen) atoms. The van der Waals surface area contributed by atoms with E-state index in [4.69, 9.17) is 11.6 Å². The van der Waals surface area contributed by atoms with Gasteiger partial charge in [-0.1, -0.05) is 39.7 Å². The van der Waals surface area contributed by atoms with Crippen LogP contribution in [0.3, 0.4) is 0 Å². The number of hydrogen-bond donors (Lipinski definition) is 2. The van der Waals surface area contributed by atoms with Crippen LogP contribution in [0.2, 0.25) is 5.02 Å².